The summed E-state index contributed by atoms with van der Waals surface area (Å²) in [6.07, 6.45) is 7.19. The Kier molecular flexibility index (Phi) is 3.85. The van der Waals surface area contributed by atoms with Crippen LogP contribution in [0.4, 0.5) is 0 Å². The third-order valence-corrected chi connectivity index (χ3v) is 4.99. The first-order chi connectivity index (χ1) is 10.1. The van der Waals surface area contributed by atoms with E-state index in [0.29, 0.717) is 11.5 Å². The Bertz CT molecular complexity index is 537. The summed E-state index contributed by atoms with van der Waals surface area (Å²) in [5.74, 6) is 0.149. The molecule has 4 atom stereocenters. The number of hydrogen-bond acceptors (Lipinski definition) is 3. The maximum atomic E-state index is 12.1. The van der Waals surface area contributed by atoms with Crippen LogP contribution in [-0.2, 0) is 4.74 Å². The van der Waals surface area contributed by atoms with E-state index in [1.54, 1.807) is 12.1 Å². The van der Waals surface area contributed by atoms with Gasteiger partial charge in [0, 0.05) is 0 Å². The number of carbonyl (C=O) groups is 1. The van der Waals surface area contributed by atoms with Crippen LogP contribution in [0.15, 0.2) is 42.5 Å². The van der Waals surface area contributed by atoms with Crippen molar-refractivity contribution in [3.63, 3.8) is 0 Å². The fraction of sp³-hybridized carbons (Fsp3) is 0.500. The van der Waals surface area contributed by atoms with E-state index in [9.17, 15) is 9.90 Å². The number of ether oxygens (including phenoxy) is 1. The van der Waals surface area contributed by atoms with Gasteiger partial charge in [0.2, 0.25) is 0 Å². The minimum absolute atomic E-state index is 0.0329. The molecule has 0 aromatic heterocycles. The molecule has 0 spiro atoms. The molecule has 0 radical (unpaired) electrons. The monoisotopic (exact) mass is 286 g/mol. The summed E-state index contributed by atoms with van der Waals surface area (Å²) in [7, 11) is 0. The zero-order valence-electron chi connectivity index (χ0n) is 12.4. The highest BCUT2D eigenvalue weighted by Crippen LogP contribution is 2.47. The van der Waals surface area contributed by atoms with Crippen LogP contribution in [0.5, 0.6) is 0 Å². The molecule has 3 nitrogen and oxygen atoms in total. The molecule has 21 heavy (non-hydrogen) atoms. The van der Waals surface area contributed by atoms with Crippen molar-refractivity contribution in [2.45, 2.75) is 44.8 Å². The number of esters is 1. The Labute approximate surface area is 125 Å². The van der Waals surface area contributed by atoms with Gasteiger partial charge in [-0.2, -0.15) is 0 Å². The van der Waals surface area contributed by atoms with Crippen LogP contribution in [0.3, 0.4) is 0 Å². The largest absolute Gasteiger partial charge is 0.459 e. The van der Waals surface area contributed by atoms with Crippen molar-refractivity contribution < 1.29 is 14.6 Å². The number of hydrogen-bond donors (Lipinski definition) is 1. The maximum Gasteiger partial charge on any atom is 0.338 e. The zero-order chi connectivity index (χ0) is 14.9. The van der Waals surface area contributed by atoms with Crippen LogP contribution in [0.1, 0.15) is 43.0 Å². The first-order valence-corrected chi connectivity index (χ1v) is 7.70. The molecule has 2 aliphatic rings. The third kappa shape index (κ3) is 3.03. The Morgan fingerprint density at radius 2 is 2.05 bits per heavy atom. The van der Waals surface area contributed by atoms with E-state index in [-0.39, 0.29) is 23.6 Å². The average molecular weight is 286 g/mol. The van der Waals surface area contributed by atoms with Gasteiger partial charge >= 0.3 is 5.97 Å². The van der Waals surface area contributed by atoms with Crippen molar-refractivity contribution in [1.82, 2.24) is 0 Å². The fourth-order valence-corrected chi connectivity index (χ4v) is 3.57. The summed E-state index contributed by atoms with van der Waals surface area (Å²) in [6, 6.07) is 9.14. The summed E-state index contributed by atoms with van der Waals surface area (Å²) in [5.41, 5.74) is 0.754. The van der Waals surface area contributed by atoms with Gasteiger partial charge < -0.3 is 9.84 Å². The van der Waals surface area contributed by atoms with Gasteiger partial charge in [0.05, 0.1) is 11.7 Å². The second-order valence-corrected chi connectivity index (χ2v) is 6.53. The van der Waals surface area contributed by atoms with Gasteiger partial charge in [-0.05, 0) is 49.1 Å². The maximum absolute atomic E-state index is 12.1. The number of rotatable bonds is 2. The molecular formula is C18H22O3. The molecule has 1 aromatic rings. The molecule has 0 bridgehead atoms. The molecule has 1 N–H and O–H groups in total. The van der Waals surface area contributed by atoms with E-state index in [1.807, 2.05) is 24.3 Å². The predicted octanol–water partition coefficient (Wildman–Crippen LogP) is 3.34. The zero-order valence-corrected chi connectivity index (χ0v) is 12.4. The van der Waals surface area contributed by atoms with Crippen molar-refractivity contribution in [1.29, 1.82) is 0 Å². The predicted molar refractivity (Wildman–Crippen MR) is 80.9 cm³/mol. The van der Waals surface area contributed by atoms with Gasteiger partial charge in [0.25, 0.3) is 0 Å². The number of allylic oxidation sites excluding steroid dienone is 1. The smallest absolute Gasteiger partial charge is 0.338 e. The van der Waals surface area contributed by atoms with Crippen molar-refractivity contribution in [3.05, 3.63) is 48.0 Å². The van der Waals surface area contributed by atoms with Gasteiger partial charge in [0.15, 0.2) is 0 Å². The second kappa shape index (κ2) is 5.64. The molecule has 0 heterocycles. The van der Waals surface area contributed by atoms with E-state index >= 15 is 0 Å². The van der Waals surface area contributed by atoms with Crippen LogP contribution in [0.2, 0.25) is 0 Å². The third-order valence-electron chi connectivity index (χ3n) is 4.99. The fourth-order valence-electron chi connectivity index (χ4n) is 3.57. The number of benzene rings is 1. The molecule has 1 aromatic carbocycles. The molecule has 1 fully saturated rings. The molecule has 3 rings (SSSR count). The molecule has 0 amide bonds. The van der Waals surface area contributed by atoms with Gasteiger partial charge in [-0.15, -0.1) is 0 Å². The van der Waals surface area contributed by atoms with Crippen molar-refractivity contribution >= 4 is 5.97 Å². The SMILES string of the molecule is C[C@@]12C=C[C@@H](O)CC1C[C@@H](OC(=O)c1ccccc1)CC2. The quantitative estimate of drug-likeness (QED) is 0.670. The standard InChI is InChI=1S/C18H22O3/c1-18-9-7-15(19)11-14(18)12-16(8-10-18)21-17(20)13-5-3-2-4-6-13/h2-7,9,14-16,19H,8,10-12H2,1H3/t14?,15-,16+,18+/m1/s1. The van der Waals surface area contributed by atoms with Gasteiger partial charge in [-0.1, -0.05) is 37.3 Å². The van der Waals surface area contributed by atoms with Crippen LogP contribution >= 0.6 is 0 Å². The van der Waals surface area contributed by atoms with E-state index in [2.05, 4.69) is 13.0 Å². The molecule has 1 saturated carbocycles. The number of carbonyl (C=O) groups excluding carboxylic acids is 1. The van der Waals surface area contributed by atoms with E-state index in [4.69, 9.17) is 4.74 Å². The summed E-state index contributed by atoms with van der Waals surface area (Å²) in [4.78, 5) is 12.1. The number of fused-ring (bicyclic) bond motifs is 1. The summed E-state index contributed by atoms with van der Waals surface area (Å²) in [5, 5.41) is 9.81. The van der Waals surface area contributed by atoms with E-state index in [0.717, 1.165) is 25.7 Å². The molecule has 0 aliphatic heterocycles. The van der Waals surface area contributed by atoms with E-state index < -0.39 is 0 Å². The van der Waals surface area contributed by atoms with Crippen molar-refractivity contribution in [2.24, 2.45) is 11.3 Å². The molecule has 0 saturated heterocycles. The number of aliphatic hydroxyl groups excluding tert-OH is 1. The summed E-state index contributed by atoms with van der Waals surface area (Å²) < 4.78 is 5.66. The highest BCUT2D eigenvalue weighted by atomic mass is 16.5. The highest BCUT2D eigenvalue weighted by Gasteiger charge is 2.42. The molecule has 2 aliphatic carbocycles. The minimum atomic E-state index is -0.355. The van der Waals surface area contributed by atoms with Crippen LogP contribution < -0.4 is 0 Å². The highest BCUT2D eigenvalue weighted by molar-refractivity contribution is 5.89. The first kappa shape index (κ1) is 14.3. The molecular weight excluding hydrogens is 264 g/mol. The van der Waals surface area contributed by atoms with Crippen molar-refractivity contribution in [3.8, 4) is 0 Å². The van der Waals surface area contributed by atoms with Crippen molar-refractivity contribution in [2.75, 3.05) is 0 Å². The topological polar surface area (TPSA) is 46.5 Å². The molecule has 3 heteroatoms. The Morgan fingerprint density at radius 1 is 1.29 bits per heavy atom. The average Bonchev–Trinajstić information content (AvgIpc) is 2.49. The normalized spacial score (nSPS) is 35.0. The lowest BCUT2D eigenvalue weighted by molar-refractivity contribution is -0.0153. The lowest BCUT2D eigenvalue weighted by Crippen LogP contribution is -2.40. The first-order valence-electron chi connectivity index (χ1n) is 7.70. The lowest BCUT2D eigenvalue weighted by Gasteiger charge is -2.45. The van der Waals surface area contributed by atoms with Gasteiger partial charge in [0.1, 0.15) is 6.10 Å². The molecule has 112 valence electrons. The molecule has 1 unspecified atom stereocenters. The Morgan fingerprint density at radius 3 is 2.81 bits per heavy atom. The van der Waals surface area contributed by atoms with E-state index in [1.165, 1.54) is 0 Å². The lowest BCUT2D eigenvalue weighted by atomic mass is 9.62. The van der Waals surface area contributed by atoms with Crippen LogP contribution in [0, 0.1) is 11.3 Å². The van der Waals surface area contributed by atoms with Crippen LogP contribution in [-0.4, -0.2) is 23.3 Å². The number of aliphatic hydroxyl groups is 1. The van der Waals surface area contributed by atoms with Crippen LogP contribution in [0.25, 0.3) is 0 Å². The van der Waals surface area contributed by atoms with Gasteiger partial charge in [-0.3, -0.25) is 0 Å². The second-order valence-electron chi connectivity index (χ2n) is 6.53. The minimum Gasteiger partial charge on any atom is -0.459 e. The Balaban J connectivity index is 1.64. The van der Waals surface area contributed by atoms with Gasteiger partial charge in [-0.25, -0.2) is 4.79 Å². The summed E-state index contributed by atoms with van der Waals surface area (Å²) >= 11 is 0. The Hall–Kier alpha value is -1.61. The summed E-state index contributed by atoms with van der Waals surface area (Å²) in [6.45, 7) is 2.25.